The van der Waals surface area contributed by atoms with Crippen molar-refractivity contribution in [1.82, 2.24) is 10.3 Å². The quantitative estimate of drug-likeness (QED) is 0.386. The number of hydrogen-bond donors (Lipinski definition) is 1. The minimum absolute atomic E-state index is 0.452. The minimum Gasteiger partial charge on any atom is -0.494 e. The van der Waals surface area contributed by atoms with Crippen molar-refractivity contribution >= 4 is 16.5 Å². The summed E-state index contributed by atoms with van der Waals surface area (Å²) in [6.45, 7) is 7.44. The third-order valence-corrected chi connectivity index (χ3v) is 5.04. The van der Waals surface area contributed by atoms with Crippen LogP contribution in [-0.4, -0.2) is 11.6 Å². The molecule has 1 heterocycles. The molecule has 2 aromatic carbocycles. The summed E-state index contributed by atoms with van der Waals surface area (Å²) in [4.78, 5) is 4.91. The highest BCUT2D eigenvalue weighted by molar-refractivity contribution is 5.85. The van der Waals surface area contributed by atoms with Gasteiger partial charge in [-0.05, 0) is 67.8 Å². The summed E-state index contributed by atoms with van der Waals surface area (Å²) in [6.07, 6.45) is 1.67. The molecule has 1 N–H and O–H groups in total. The van der Waals surface area contributed by atoms with E-state index in [0.29, 0.717) is 19.7 Å². The Kier molecular flexibility index (Phi) is 7.70. The maximum absolute atomic E-state index is 12.8. The molecule has 0 atom stereocenters. The van der Waals surface area contributed by atoms with E-state index < -0.39 is 11.7 Å². The number of aromatic nitrogens is 1. The first-order valence-electron chi connectivity index (χ1n) is 10.6. The van der Waals surface area contributed by atoms with Gasteiger partial charge in [0.15, 0.2) is 0 Å². The van der Waals surface area contributed by atoms with Crippen molar-refractivity contribution in [1.29, 1.82) is 0 Å². The second-order valence-corrected chi connectivity index (χ2v) is 7.33. The van der Waals surface area contributed by atoms with E-state index in [9.17, 15) is 13.2 Å². The Hall–Kier alpha value is -3.12. The van der Waals surface area contributed by atoms with Gasteiger partial charge < -0.3 is 10.1 Å². The lowest BCUT2D eigenvalue weighted by molar-refractivity contribution is -0.137. The van der Waals surface area contributed by atoms with Crippen molar-refractivity contribution in [3.63, 3.8) is 0 Å². The topological polar surface area (TPSA) is 34.1 Å². The lowest BCUT2D eigenvalue weighted by atomic mass is 10.0. The smallest absolute Gasteiger partial charge is 0.416 e. The average molecular weight is 441 g/mol. The Morgan fingerprint density at radius 2 is 1.78 bits per heavy atom. The Morgan fingerprint density at radius 1 is 1.03 bits per heavy atom. The van der Waals surface area contributed by atoms with E-state index in [4.69, 9.17) is 9.72 Å². The molecule has 3 rings (SSSR count). The van der Waals surface area contributed by atoms with Gasteiger partial charge in [0, 0.05) is 24.5 Å². The van der Waals surface area contributed by atoms with E-state index >= 15 is 0 Å². The number of halogens is 3. The zero-order chi connectivity index (χ0) is 23.1. The second-order valence-electron chi connectivity index (χ2n) is 7.33. The molecule has 1 aromatic heterocycles. The largest absolute Gasteiger partial charge is 0.494 e. The number of nitrogens with zero attached hydrogens (tertiary/aromatic N) is 1. The number of pyridine rings is 1. The van der Waals surface area contributed by atoms with Crippen molar-refractivity contribution < 1.29 is 17.9 Å². The van der Waals surface area contributed by atoms with Crippen molar-refractivity contribution in [2.45, 2.75) is 40.0 Å². The zero-order valence-corrected chi connectivity index (χ0v) is 18.5. The van der Waals surface area contributed by atoms with Crippen LogP contribution in [0.3, 0.4) is 0 Å². The average Bonchev–Trinajstić information content (AvgIpc) is 2.77. The van der Waals surface area contributed by atoms with Crippen LogP contribution in [-0.2, 0) is 19.3 Å². The maximum atomic E-state index is 12.8. The van der Waals surface area contributed by atoms with Crippen molar-refractivity contribution in [2.24, 2.45) is 0 Å². The van der Waals surface area contributed by atoms with Crippen LogP contribution in [0.25, 0.3) is 16.5 Å². The zero-order valence-electron chi connectivity index (χ0n) is 18.5. The summed E-state index contributed by atoms with van der Waals surface area (Å²) < 4.78 is 43.9. The van der Waals surface area contributed by atoms with Gasteiger partial charge in [0.25, 0.3) is 0 Å². The van der Waals surface area contributed by atoms with Crippen LogP contribution in [0, 0.1) is 0 Å². The Labute approximate surface area is 186 Å². The number of hydrogen-bond acceptors (Lipinski definition) is 3. The molecule has 0 bridgehead atoms. The van der Waals surface area contributed by atoms with Crippen LogP contribution in [0.2, 0.25) is 0 Å². The highest BCUT2D eigenvalue weighted by atomic mass is 19.4. The summed E-state index contributed by atoms with van der Waals surface area (Å²) in [5, 5.41) is 4.34. The monoisotopic (exact) mass is 440 g/mol. The molecule has 0 aliphatic carbocycles. The van der Waals surface area contributed by atoms with Crippen LogP contribution in [0.4, 0.5) is 13.2 Å². The fraction of sp³-hybridized carbons (Fsp3) is 0.269. The summed E-state index contributed by atoms with van der Waals surface area (Å²) in [7, 11) is 0. The first kappa shape index (κ1) is 23.5. The number of ether oxygens (including phenoxy) is 1. The number of allylic oxidation sites excluding steroid dienone is 4. The van der Waals surface area contributed by atoms with Crippen LogP contribution < -0.4 is 10.1 Å². The van der Waals surface area contributed by atoms with Crippen molar-refractivity contribution in [2.75, 3.05) is 6.61 Å². The molecule has 32 heavy (non-hydrogen) atoms. The molecule has 0 saturated heterocycles. The van der Waals surface area contributed by atoms with Gasteiger partial charge in [-0.3, -0.25) is 0 Å². The molecule has 3 nitrogen and oxygen atoms in total. The molecule has 168 valence electrons. The summed E-state index contributed by atoms with van der Waals surface area (Å²) >= 11 is 0. The van der Waals surface area contributed by atoms with Gasteiger partial charge in [-0.15, -0.1) is 0 Å². The molecular formula is C26H27F3N2O. The van der Waals surface area contributed by atoms with Gasteiger partial charge >= 0.3 is 6.18 Å². The van der Waals surface area contributed by atoms with Gasteiger partial charge in [0.05, 0.1) is 23.4 Å². The van der Waals surface area contributed by atoms with Crippen molar-refractivity contribution in [3.05, 3.63) is 89.1 Å². The standard InChI is InChI=1S/C26H27F3N2O/c1-4-7-19(5-2)25-21(14-20-10-13-23(32-6-3)15-24(20)31-25)17-30-16-18-8-11-22(12-9-18)26(27,28)29/h4-5,7-15,30H,6,16-17H2,1-3H3/b7-4-,19-5+. The van der Waals surface area contributed by atoms with Gasteiger partial charge in [-0.2, -0.15) is 13.2 Å². The van der Waals surface area contributed by atoms with Crippen LogP contribution in [0.1, 0.15) is 43.2 Å². The van der Waals surface area contributed by atoms with E-state index in [-0.39, 0.29) is 0 Å². The Balaban J connectivity index is 1.86. The summed E-state index contributed by atoms with van der Waals surface area (Å²) in [5.74, 6) is 0.777. The van der Waals surface area contributed by atoms with E-state index in [2.05, 4.69) is 11.4 Å². The molecule has 6 heteroatoms. The molecule has 0 unspecified atom stereocenters. The van der Waals surface area contributed by atoms with E-state index in [0.717, 1.165) is 51.2 Å². The van der Waals surface area contributed by atoms with E-state index in [1.165, 1.54) is 12.1 Å². The highest BCUT2D eigenvalue weighted by Crippen LogP contribution is 2.29. The first-order valence-corrected chi connectivity index (χ1v) is 10.6. The number of rotatable bonds is 8. The van der Waals surface area contributed by atoms with Crippen LogP contribution in [0.5, 0.6) is 5.75 Å². The van der Waals surface area contributed by atoms with Gasteiger partial charge in [0.1, 0.15) is 5.75 Å². The fourth-order valence-corrected chi connectivity index (χ4v) is 3.48. The Morgan fingerprint density at radius 3 is 2.41 bits per heavy atom. The SMILES string of the molecule is C/C=C\C(=C/C)c1nc2cc(OCC)ccc2cc1CNCc1ccc(C(F)(F)F)cc1. The third kappa shape index (κ3) is 5.77. The molecule has 0 aliphatic heterocycles. The lowest BCUT2D eigenvalue weighted by Crippen LogP contribution is -2.15. The third-order valence-electron chi connectivity index (χ3n) is 5.04. The second kappa shape index (κ2) is 10.5. The van der Waals surface area contributed by atoms with E-state index in [1.807, 2.05) is 57.2 Å². The molecular weight excluding hydrogens is 413 g/mol. The van der Waals surface area contributed by atoms with Gasteiger partial charge in [-0.1, -0.05) is 30.4 Å². The molecule has 0 amide bonds. The molecule has 0 spiro atoms. The van der Waals surface area contributed by atoms with Crippen molar-refractivity contribution in [3.8, 4) is 5.75 Å². The maximum Gasteiger partial charge on any atom is 0.416 e. The highest BCUT2D eigenvalue weighted by Gasteiger charge is 2.29. The fourth-order valence-electron chi connectivity index (χ4n) is 3.48. The van der Waals surface area contributed by atoms with Gasteiger partial charge in [-0.25, -0.2) is 4.98 Å². The molecule has 0 saturated carbocycles. The van der Waals surface area contributed by atoms with Crippen LogP contribution in [0.15, 0.2) is 66.8 Å². The Bertz CT molecular complexity index is 1120. The number of fused-ring (bicyclic) bond motifs is 1. The first-order chi connectivity index (χ1) is 15.4. The summed E-state index contributed by atoms with van der Waals surface area (Å²) in [5.41, 5.74) is 3.88. The predicted octanol–water partition coefficient (Wildman–Crippen LogP) is 6.92. The molecule has 0 radical (unpaired) electrons. The summed E-state index contributed by atoms with van der Waals surface area (Å²) in [6, 6.07) is 13.2. The predicted molar refractivity (Wildman–Crippen MR) is 123 cm³/mol. The van der Waals surface area contributed by atoms with E-state index in [1.54, 1.807) is 0 Å². The van der Waals surface area contributed by atoms with Crippen LogP contribution >= 0.6 is 0 Å². The number of alkyl halides is 3. The van der Waals surface area contributed by atoms with Gasteiger partial charge in [0.2, 0.25) is 0 Å². The number of nitrogens with one attached hydrogen (secondary N) is 1. The number of benzene rings is 2. The molecule has 0 aliphatic rings. The minimum atomic E-state index is -4.32. The molecule has 3 aromatic rings. The molecule has 0 fully saturated rings. The normalized spacial score (nSPS) is 12.6. The lowest BCUT2D eigenvalue weighted by Gasteiger charge is -2.14.